The van der Waals surface area contributed by atoms with Crippen LogP contribution in [-0.2, 0) is 11.3 Å². The van der Waals surface area contributed by atoms with Crippen LogP contribution in [-0.4, -0.2) is 23.8 Å². The average molecular weight is 235 g/mol. The van der Waals surface area contributed by atoms with Crippen LogP contribution in [0, 0.1) is 5.92 Å². The Bertz CT molecular complexity index is 362. The monoisotopic (exact) mass is 235 g/mol. The Balaban J connectivity index is 1.63. The van der Waals surface area contributed by atoms with E-state index >= 15 is 0 Å². The molecule has 0 aromatic heterocycles. The van der Waals surface area contributed by atoms with E-state index in [1.165, 1.54) is 0 Å². The Labute approximate surface area is 101 Å². The smallest absolute Gasteiger partial charge is 0.407 e. The van der Waals surface area contributed by atoms with Crippen LogP contribution < -0.4 is 5.32 Å². The van der Waals surface area contributed by atoms with E-state index in [-0.39, 0.29) is 13.2 Å². The Hall–Kier alpha value is -1.55. The molecule has 92 valence electrons. The number of hydrogen-bond donors (Lipinski definition) is 2. The van der Waals surface area contributed by atoms with E-state index in [0.717, 1.165) is 18.4 Å². The summed E-state index contributed by atoms with van der Waals surface area (Å²) in [5.41, 5.74) is 0.949. The Morgan fingerprint density at radius 3 is 2.76 bits per heavy atom. The van der Waals surface area contributed by atoms with Gasteiger partial charge in [0.15, 0.2) is 0 Å². The topological polar surface area (TPSA) is 58.6 Å². The molecule has 0 radical (unpaired) electrons. The van der Waals surface area contributed by atoms with Gasteiger partial charge in [-0.15, -0.1) is 0 Å². The number of alkyl carbamates (subject to hydrolysis) is 1. The zero-order valence-corrected chi connectivity index (χ0v) is 9.63. The number of aliphatic hydroxyl groups excluding tert-OH is 1. The van der Waals surface area contributed by atoms with Crippen LogP contribution in [0.25, 0.3) is 0 Å². The van der Waals surface area contributed by atoms with Gasteiger partial charge >= 0.3 is 6.09 Å². The molecular formula is C13H17NO3. The second-order valence-electron chi connectivity index (χ2n) is 4.35. The highest BCUT2D eigenvalue weighted by Gasteiger charge is 2.29. The molecule has 4 heteroatoms. The summed E-state index contributed by atoms with van der Waals surface area (Å²) in [4.78, 5) is 11.3. The third kappa shape index (κ3) is 4.07. The molecular weight excluding hydrogens is 218 g/mol. The molecule has 1 aromatic carbocycles. The third-order valence-electron chi connectivity index (χ3n) is 2.83. The molecule has 1 saturated carbocycles. The molecule has 0 heterocycles. The van der Waals surface area contributed by atoms with Crippen molar-refractivity contribution in [2.24, 2.45) is 5.92 Å². The fourth-order valence-corrected chi connectivity index (χ4v) is 1.61. The summed E-state index contributed by atoms with van der Waals surface area (Å²) in [6.45, 7) is 0.532. The second-order valence-corrected chi connectivity index (χ2v) is 4.35. The summed E-state index contributed by atoms with van der Waals surface area (Å²) in [6.07, 6.45) is 1.21. The van der Waals surface area contributed by atoms with Crippen molar-refractivity contribution in [1.29, 1.82) is 0 Å². The lowest BCUT2D eigenvalue weighted by Crippen LogP contribution is -2.33. The van der Waals surface area contributed by atoms with E-state index in [9.17, 15) is 9.90 Å². The molecule has 1 aromatic rings. The van der Waals surface area contributed by atoms with E-state index < -0.39 is 12.2 Å². The normalized spacial score (nSPS) is 16.3. The first kappa shape index (κ1) is 11.9. The summed E-state index contributed by atoms with van der Waals surface area (Å²) in [5.74, 6) is 0.365. The number of nitrogens with one attached hydrogen (secondary N) is 1. The Morgan fingerprint density at radius 2 is 2.12 bits per heavy atom. The van der Waals surface area contributed by atoms with Crippen molar-refractivity contribution in [3.05, 3.63) is 35.9 Å². The predicted molar refractivity (Wildman–Crippen MR) is 63.4 cm³/mol. The largest absolute Gasteiger partial charge is 0.445 e. The summed E-state index contributed by atoms with van der Waals surface area (Å²) in [5, 5.41) is 12.1. The number of benzene rings is 1. The Kier molecular flexibility index (Phi) is 3.98. The first-order valence-corrected chi connectivity index (χ1v) is 5.88. The minimum atomic E-state index is -0.478. The molecule has 0 unspecified atom stereocenters. The fraction of sp³-hybridized carbons (Fsp3) is 0.462. The summed E-state index contributed by atoms with van der Waals surface area (Å²) < 4.78 is 5.02. The molecule has 0 spiro atoms. The Morgan fingerprint density at radius 1 is 1.41 bits per heavy atom. The number of ether oxygens (including phenoxy) is 1. The highest BCUT2D eigenvalue weighted by molar-refractivity contribution is 5.67. The molecule has 1 amide bonds. The summed E-state index contributed by atoms with van der Waals surface area (Å²) in [7, 11) is 0. The van der Waals surface area contributed by atoms with E-state index in [1.54, 1.807) is 0 Å². The van der Waals surface area contributed by atoms with E-state index in [1.807, 2.05) is 30.3 Å². The fourth-order valence-electron chi connectivity index (χ4n) is 1.61. The van der Waals surface area contributed by atoms with Gasteiger partial charge in [-0.1, -0.05) is 30.3 Å². The lowest BCUT2D eigenvalue weighted by molar-refractivity contribution is 0.118. The van der Waals surface area contributed by atoms with Crippen molar-refractivity contribution in [1.82, 2.24) is 5.32 Å². The minimum Gasteiger partial charge on any atom is -0.445 e. The van der Waals surface area contributed by atoms with Gasteiger partial charge in [0.25, 0.3) is 0 Å². The van der Waals surface area contributed by atoms with E-state index in [4.69, 9.17) is 4.74 Å². The molecule has 17 heavy (non-hydrogen) atoms. The number of rotatable bonds is 5. The van der Waals surface area contributed by atoms with Gasteiger partial charge in [0.1, 0.15) is 6.61 Å². The van der Waals surface area contributed by atoms with Crippen LogP contribution >= 0.6 is 0 Å². The van der Waals surface area contributed by atoms with Gasteiger partial charge in [-0.05, 0) is 24.3 Å². The summed E-state index contributed by atoms with van der Waals surface area (Å²) >= 11 is 0. The van der Waals surface area contributed by atoms with Gasteiger partial charge < -0.3 is 15.2 Å². The van der Waals surface area contributed by atoms with Crippen LogP contribution in [0.3, 0.4) is 0 Å². The molecule has 2 N–H and O–H groups in total. The number of carbonyl (C=O) groups is 1. The minimum absolute atomic E-state index is 0.256. The SMILES string of the molecule is O=C(NC[C@H](O)C1CC1)OCc1ccccc1. The van der Waals surface area contributed by atoms with Gasteiger partial charge in [-0.3, -0.25) is 0 Å². The molecule has 0 aliphatic heterocycles. The molecule has 2 rings (SSSR count). The molecule has 0 saturated heterocycles. The third-order valence-corrected chi connectivity index (χ3v) is 2.83. The molecule has 4 nitrogen and oxygen atoms in total. The maximum Gasteiger partial charge on any atom is 0.407 e. The van der Waals surface area contributed by atoms with Gasteiger partial charge in [0, 0.05) is 6.54 Å². The van der Waals surface area contributed by atoms with Crippen molar-refractivity contribution in [3.8, 4) is 0 Å². The van der Waals surface area contributed by atoms with E-state index in [0.29, 0.717) is 5.92 Å². The molecule has 1 aliphatic rings. The first-order chi connectivity index (χ1) is 8.25. The zero-order chi connectivity index (χ0) is 12.1. The standard InChI is InChI=1S/C13H17NO3/c15-12(11-6-7-11)8-14-13(16)17-9-10-4-2-1-3-5-10/h1-5,11-12,15H,6-9H2,(H,14,16)/t12-/m0/s1. The van der Waals surface area contributed by atoms with Crippen LogP contribution in [0.4, 0.5) is 4.79 Å². The number of aliphatic hydroxyl groups is 1. The first-order valence-electron chi connectivity index (χ1n) is 5.88. The maximum atomic E-state index is 11.3. The number of hydrogen-bond acceptors (Lipinski definition) is 3. The van der Waals surface area contributed by atoms with Crippen LogP contribution in [0.2, 0.25) is 0 Å². The van der Waals surface area contributed by atoms with Crippen molar-refractivity contribution >= 4 is 6.09 Å². The lowest BCUT2D eigenvalue weighted by Gasteiger charge is -2.11. The van der Waals surface area contributed by atoms with Crippen molar-refractivity contribution in [2.75, 3.05) is 6.54 Å². The van der Waals surface area contributed by atoms with E-state index in [2.05, 4.69) is 5.32 Å². The molecule has 1 atom stereocenters. The van der Waals surface area contributed by atoms with Crippen LogP contribution in [0.5, 0.6) is 0 Å². The molecule has 0 bridgehead atoms. The average Bonchev–Trinajstić information content (AvgIpc) is 3.19. The molecule has 1 aliphatic carbocycles. The number of amides is 1. The highest BCUT2D eigenvalue weighted by Crippen LogP contribution is 2.32. The van der Waals surface area contributed by atoms with Gasteiger partial charge in [-0.2, -0.15) is 0 Å². The summed E-state index contributed by atoms with van der Waals surface area (Å²) in [6, 6.07) is 9.50. The van der Waals surface area contributed by atoms with Crippen molar-refractivity contribution < 1.29 is 14.6 Å². The quantitative estimate of drug-likeness (QED) is 0.816. The van der Waals surface area contributed by atoms with Crippen LogP contribution in [0.1, 0.15) is 18.4 Å². The van der Waals surface area contributed by atoms with Crippen molar-refractivity contribution in [3.63, 3.8) is 0 Å². The highest BCUT2D eigenvalue weighted by atomic mass is 16.5. The maximum absolute atomic E-state index is 11.3. The molecule has 1 fully saturated rings. The van der Waals surface area contributed by atoms with Gasteiger partial charge in [-0.25, -0.2) is 4.79 Å². The van der Waals surface area contributed by atoms with Gasteiger partial charge in [0.2, 0.25) is 0 Å². The van der Waals surface area contributed by atoms with Gasteiger partial charge in [0.05, 0.1) is 6.10 Å². The van der Waals surface area contributed by atoms with Crippen molar-refractivity contribution in [2.45, 2.75) is 25.6 Å². The predicted octanol–water partition coefficient (Wildman–Crippen LogP) is 1.68. The second kappa shape index (κ2) is 5.68. The zero-order valence-electron chi connectivity index (χ0n) is 9.63. The van der Waals surface area contributed by atoms with Crippen LogP contribution in [0.15, 0.2) is 30.3 Å². The lowest BCUT2D eigenvalue weighted by atomic mass is 10.2. The number of carbonyl (C=O) groups excluding carboxylic acids is 1.